The van der Waals surface area contributed by atoms with Crippen LogP contribution in [-0.2, 0) is 29.8 Å². The van der Waals surface area contributed by atoms with E-state index in [1.54, 1.807) is 14.0 Å². The summed E-state index contributed by atoms with van der Waals surface area (Å²) in [6.07, 6.45) is 1.51. The van der Waals surface area contributed by atoms with Crippen LogP contribution in [0.5, 0.6) is 0 Å². The summed E-state index contributed by atoms with van der Waals surface area (Å²) in [5.74, 6) is -2.12. The lowest BCUT2D eigenvalue weighted by molar-refractivity contribution is -0.149. The Balaban J connectivity index is 1.62. The van der Waals surface area contributed by atoms with Gasteiger partial charge in [-0.25, -0.2) is 4.39 Å². The average molecular weight is 425 g/mol. The van der Waals surface area contributed by atoms with Crippen molar-refractivity contribution >= 4 is 11.9 Å². The van der Waals surface area contributed by atoms with Crippen LogP contribution in [0.1, 0.15) is 28.5 Å². The summed E-state index contributed by atoms with van der Waals surface area (Å²) in [4.78, 5) is 24.7. The number of benzene rings is 2. The van der Waals surface area contributed by atoms with E-state index in [4.69, 9.17) is 4.74 Å². The molecule has 0 fully saturated rings. The minimum absolute atomic E-state index is 0.0487. The van der Waals surface area contributed by atoms with Gasteiger partial charge in [0, 0.05) is 24.7 Å². The third kappa shape index (κ3) is 5.55. The van der Waals surface area contributed by atoms with Crippen LogP contribution in [0.3, 0.4) is 0 Å². The number of ether oxygens (including phenoxy) is 1. The molecule has 0 aliphatic rings. The van der Waals surface area contributed by atoms with Crippen molar-refractivity contribution in [2.24, 2.45) is 13.0 Å². The fraction of sp³-hybridized carbons (Fsp3) is 0.261. The first-order valence-electron chi connectivity index (χ1n) is 9.80. The Morgan fingerprint density at radius 3 is 2.68 bits per heavy atom. The average Bonchev–Trinajstić information content (AvgIpc) is 3.16. The lowest BCUT2D eigenvalue weighted by Gasteiger charge is -2.13. The van der Waals surface area contributed by atoms with Crippen LogP contribution < -0.4 is 5.32 Å². The van der Waals surface area contributed by atoms with Gasteiger partial charge in [0.15, 0.2) is 0 Å². The largest absolute Gasteiger partial charge is 0.461 e. The Hall–Kier alpha value is -3.52. The van der Waals surface area contributed by atoms with Gasteiger partial charge in [-0.15, -0.1) is 0 Å². The molecule has 0 unspecified atom stereocenters. The van der Waals surface area contributed by atoms with Gasteiger partial charge < -0.3 is 15.2 Å². The smallest absolute Gasteiger partial charge is 0.310 e. The predicted molar refractivity (Wildman–Crippen MR) is 112 cm³/mol. The Labute approximate surface area is 179 Å². The van der Waals surface area contributed by atoms with Crippen LogP contribution in [0.25, 0.3) is 11.1 Å². The second-order valence-corrected chi connectivity index (χ2v) is 7.22. The van der Waals surface area contributed by atoms with Gasteiger partial charge in [-0.05, 0) is 29.3 Å². The maximum Gasteiger partial charge on any atom is 0.310 e. The van der Waals surface area contributed by atoms with E-state index in [0.717, 1.165) is 11.6 Å². The number of esters is 1. The zero-order chi connectivity index (χ0) is 22.4. The first-order chi connectivity index (χ1) is 14.9. The van der Waals surface area contributed by atoms with Crippen LogP contribution in [0, 0.1) is 11.7 Å². The molecule has 162 valence electrons. The lowest BCUT2D eigenvalue weighted by atomic mass is 10.0. The molecule has 1 amide bonds. The second-order valence-electron chi connectivity index (χ2n) is 7.22. The molecule has 7 nitrogen and oxygen atoms in total. The standard InChI is InChI=1S/C23H24FN3O4/c1-15(23(30)31-14-16-6-4-3-5-7-16)11-25-22(29)18-8-17(9-19(24)10-18)20-12-26-27(2)21(20)13-28/h3-10,12,15,28H,11,13-14H2,1-2H3,(H,25,29)/t15-/m1/s1. The van der Waals surface area contributed by atoms with Crippen molar-refractivity contribution in [1.82, 2.24) is 15.1 Å². The number of rotatable bonds is 8. The van der Waals surface area contributed by atoms with Gasteiger partial charge in [-0.1, -0.05) is 37.3 Å². The molecule has 0 aliphatic heterocycles. The van der Waals surface area contributed by atoms with Crippen LogP contribution in [0.4, 0.5) is 4.39 Å². The minimum atomic E-state index is -0.592. The van der Waals surface area contributed by atoms with Crippen molar-refractivity contribution in [3.8, 4) is 11.1 Å². The number of hydrogen-bond donors (Lipinski definition) is 2. The number of hydrogen-bond acceptors (Lipinski definition) is 5. The highest BCUT2D eigenvalue weighted by Gasteiger charge is 2.18. The van der Waals surface area contributed by atoms with E-state index < -0.39 is 23.6 Å². The molecule has 0 saturated heterocycles. The third-order valence-electron chi connectivity index (χ3n) is 4.88. The van der Waals surface area contributed by atoms with Crippen molar-refractivity contribution in [2.45, 2.75) is 20.1 Å². The number of nitrogens with one attached hydrogen (secondary N) is 1. The van der Waals surface area contributed by atoms with Gasteiger partial charge in [0.2, 0.25) is 0 Å². The summed E-state index contributed by atoms with van der Waals surface area (Å²) in [5, 5.41) is 16.2. The molecule has 3 rings (SSSR count). The van der Waals surface area contributed by atoms with Gasteiger partial charge in [0.25, 0.3) is 5.91 Å². The fourth-order valence-electron chi connectivity index (χ4n) is 3.07. The van der Waals surface area contributed by atoms with Gasteiger partial charge in [0.1, 0.15) is 12.4 Å². The summed E-state index contributed by atoms with van der Waals surface area (Å²) in [6, 6.07) is 13.2. The monoisotopic (exact) mass is 425 g/mol. The summed E-state index contributed by atoms with van der Waals surface area (Å²) < 4.78 is 20.9. The van der Waals surface area contributed by atoms with Crippen molar-refractivity contribution in [3.05, 3.63) is 77.4 Å². The molecule has 0 spiro atoms. The summed E-state index contributed by atoms with van der Waals surface area (Å²) in [6.45, 7) is 1.58. The Morgan fingerprint density at radius 1 is 1.23 bits per heavy atom. The second kappa shape index (κ2) is 9.99. The molecule has 0 bridgehead atoms. The van der Waals surface area contributed by atoms with E-state index in [1.807, 2.05) is 30.3 Å². The topological polar surface area (TPSA) is 93.5 Å². The quantitative estimate of drug-likeness (QED) is 0.542. The predicted octanol–water partition coefficient (Wildman–Crippen LogP) is 2.83. The molecule has 2 N–H and O–H groups in total. The Bertz CT molecular complexity index is 1070. The summed E-state index contributed by atoms with van der Waals surface area (Å²) >= 11 is 0. The number of aryl methyl sites for hydroxylation is 1. The zero-order valence-electron chi connectivity index (χ0n) is 17.3. The highest BCUT2D eigenvalue weighted by Crippen LogP contribution is 2.25. The zero-order valence-corrected chi connectivity index (χ0v) is 17.3. The van der Waals surface area contributed by atoms with Gasteiger partial charge in [-0.3, -0.25) is 14.3 Å². The maximum absolute atomic E-state index is 14.2. The molecule has 3 aromatic rings. The van der Waals surface area contributed by atoms with Gasteiger partial charge >= 0.3 is 5.97 Å². The lowest BCUT2D eigenvalue weighted by Crippen LogP contribution is -2.32. The molecule has 8 heteroatoms. The van der Waals surface area contributed by atoms with Crippen molar-refractivity contribution in [1.29, 1.82) is 0 Å². The number of carbonyl (C=O) groups is 2. The van der Waals surface area contributed by atoms with E-state index in [1.165, 1.54) is 23.0 Å². The van der Waals surface area contributed by atoms with Crippen LogP contribution in [0.2, 0.25) is 0 Å². The molecular weight excluding hydrogens is 401 g/mol. The minimum Gasteiger partial charge on any atom is -0.461 e. The normalized spacial score (nSPS) is 11.7. The molecule has 0 aliphatic carbocycles. The van der Waals surface area contributed by atoms with E-state index in [2.05, 4.69) is 10.4 Å². The molecule has 2 aromatic carbocycles. The summed E-state index contributed by atoms with van der Waals surface area (Å²) in [5.41, 5.74) is 2.45. The first-order valence-corrected chi connectivity index (χ1v) is 9.80. The van der Waals surface area contributed by atoms with Crippen molar-refractivity contribution in [2.75, 3.05) is 6.54 Å². The van der Waals surface area contributed by atoms with Gasteiger partial charge in [0.05, 0.1) is 24.4 Å². The number of amides is 1. The number of aliphatic hydroxyl groups excluding tert-OH is 1. The Kier molecular flexibility index (Phi) is 7.15. The molecule has 1 aromatic heterocycles. The molecule has 1 heterocycles. The number of aliphatic hydroxyl groups is 1. The van der Waals surface area contributed by atoms with E-state index in [-0.39, 0.29) is 25.3 Å². The Morgan fingerprint density at radius 2 is 1.97 bits per heavy atom. The third-order valence-corrected chi connectivity index (χ3v) is 4.88. The van der Waals surface area contributed by atoms with E-state index in [0.29, 0.717) is 16.8 Å². The maximum atomic E-state index is 14.2. The van der Waals surface area contributed by atoms with E-state index >= 15 is 0 Å². The van der Waals surface area contributed by atoms with Crippen LogP contribution in [-0.4, -0.2) is 33.3 Å². The fourth-order valence-corrected chi connectivity index (χ4v) is 3.07. The molecule has 31 heavy (non-hydrogen) atoms. The molecular formula is C23H24FN3O4. The highest BCUT2D eigenvalue weighted by molar-refractivity contribution is 5.95. The van der Waals surface area contributed by atoms with Gasteiger partial charge in [-0.2, -0.15) is 5.10 Å². The summed E-state index contributed by atoms with van der Waals surface area (Å²) in [7, 11) is 1.67. The molecule has 0 saturated carbocycles. The number of aromatic nitrogens is 2. The van der Waals surface area contributed by atoms with Crippen molar-refractivity contribution in [3.63, 3.8) is 0 Å². The number of nitrogens with zero attached hydrogens (tertiary/aromatic N) is 2. The highest BCUT2D eigenvalue weighted by atomic mass is 19.1. The number of halogens is 1. The molecule has 0 radical (unpaired) electrons. The van der Waals surface area contributed by atoms with Crippen LogP contribution >= 0.6 is 0 Å². The van der Waals surface area contributed by atoms with Crippen molar-refractivity contribution < 1.29 is 23.8 Å². The van der Waals surface area contributed by atoms with E-state index in [9.17, 15) is 19.1 Å². The first kappa shape index (κ1) is 22.2. The van der Waals surface area contributed by atoms with Crippen LogP contribution in [0.15, 0.2) is 54.7 Å². The molecule has 1 atom stereocenters. The SMILES string of the molecule is C[C@H](CNC(=O)c1cc(F)cc(-c2cnn(C)c2CO)c1)C(=O)OCc1ccccc1. The number of carbonyl (C=O) groups excluding carboxylic acids is 2.